The number of hydrogen-bond acceptors (Lipinski definition) is 2. The highest BCUT2D eigenvalue weighted by atomic mass is 15.0. The molecule has 0 spiro atoms. The van der Waals surface area contributed by atoms with E-state index in [4.69, 9.17) is 0 Å². The molecular formula is C57H34N4. The van der Waals surface area contributed by atoms with Gasteiger partial charge >= 0.3 is 0 Å². The van der Waals surface area contributed by atoms with Crippen molar-refractivity contribution in [1.82, 2.24) is 9.13 Å². The first kappa shape index (κ1) is 34.6. The lowest BCUT2D eigenvalue weighted by atomic mass is 9.67. The van der Waals surface area contributed by atoms with E-state index < -0.39 is 5.41 Å². The van der Waals surface area contributed by atoms with Gasteiger partial charge in [0.25, 0.3) is 0 Å². The van der Waals surface area contributed by atoms with E-state index in [9.17, 15) is 10.5 Å². The average molecular weight is 775 g/mol. The van der Waals surface area contributed by atoms with E-state index in [1.165, 1.54) is 33.4 Å². The van der Waals surface area contributed by atoms with Crippen LogP contribution < -0.4 is 0 Å². The third-order valence-electron chi connectivity index (χ3n) is 12.8. The molecule has 9 aromatic carbocycles. The van der Waals surface area contributed by atoms with Crippen LogP contribution in [0.4, 0.5) is 0 Å². The predicted molar refractivity (Wildman–Crippen MR) is 247 cm³/mol. The number of para-hydroxylation sites is 3. The molecule has 11 aromatic rings. The van der Waals surface area contributed by atoms with Crippen LogP contribution in [0, 0.1) is 22.7 Å². The van der Waals surface area contributed by atoms with Gasteiger partial charge in [-0.3, -0.25) is 0 Å². The molecule has 0 amide bonds. The third-order valence-corrected chi connectivity index (χ3v) is 12.8. The van der Waals surface area contributed by atoms with E-state index in [1.54, 1.807) is 0 Å². The van der Waals surface area contributed by atoms with E-state index in [-0.39, 0.29) is 0 Å². The second kappa shape index (κ2) is 13.3. The minimum absolute atomic E-state index is 0.528. The molecule has 61 heavy (non-hydrogen) atoms. The molecule has 0 unspecified atom stereocenters. The Morgan fingerprint density at radius 2 is 0.787 bits per heavy atom. The first-order chi connectivity index (χ1) is 30.1. The average Bonchev–Trinajstić information content (AvgIpc) is 3.95. The summed E-state index contributed by atoms with van der Waals surface area (Å²) >= 11 is 0. The van der Waals surface area contributed by atoms with Crippen molar-refractivity contribution in [1.29, 1.82) is 10.5 Å². The van der Waals surface area contributed by atoms with Crippen molar-refractivity contribution in [3.05, 3.63) is 240 Å². The Kier molecular flexibility index (Phi) is 7.54. The van der Waals surface area contributed by atoms with Gasteiger partial charge in [-0.15, -0.1) is 0 Å². The molecule has 0 aliphatic heterocycles. The first-order valence-electron chi connectivity index (χ1n) is 20.5. The molecule has 2 heterocycles. The van der Waals surface area contributed by atoms with Crippen molar-refractivity contribution in [2.45, 2.75) is 5.41 Å². The van der Waals surface area contributed by atoms with E-state index in [2.05, 4.69) is 203 Å². The van der Waals surface area contributed by atoms with Gasteiger partial charge in [-0.2, -0.15) is 10.5 Å². The van der Waals surface area contributed by atoms with Crippen LogP contribution >= 0.6 is 0 Å². The van der Waals surface area contributed by atoms with Crippen LogP contribution in [-0.4, -0.2) is 9.13 Å². The first-order valence-corrected chi connectivity index (χ1v) is 20.5. The normalized spacial score (nSPS) is 12.7. The molecule has 12 rings (SSSR count). The Morgan fingerprint density at radius 1 is 0.344 bits per heavy atom. The maximum atomic E-state index is 10.6. The Labute approximate surface area is 352 Å². The minimum Gasteiger partial charge on any atom is -0.309 e. The molecule has 0 bridgehead atoms. The quantitative estimate of drug-likeness (QED) is 0.175. The monoisotopic (exact) mass is 774 g/mol. The minimum atomic E-state index is -0.528. The van der Waals surface area contributed by atoms with Crippen molar-refractivity contribution >= 4 is 43.6 Å². The van der Waals surface area contributed by atoms with Gasteiger partial charge in [-0.1, -0.05) is 140 Å². The second-order valence-corrected chi connectivity index (χ2v) is 15.9. The molecule has 4 heteroatoms. The number of rotatable bonds is 5. The summed E-state index contributed by atoms with van der Waals surface area (Å²) in [5.74, 6) is 0. The van der Waals surface area contributed by atoms with Crippen LogP contribution in [0.1, 0.15) is 33.4 Å². The topological polar surface area (TPSA) is 57.4 Å². The van der Waals surface area contributed by atoms with Crippen molar-refractivity contribution in [3.8, 4) is 45.8 Å². The van der Waals surface area contributed by atoms with Crippen molar-refractivity contribution in [2.24, 2.45) is 0 Å². The molecule has 1 aliphatic carbocycles. The molecule has 282 valence electrons. The fraction of sp³-hybridized carbons (Fsp3) is 0.0175. The fourth-order valence-corrected chi connectivity index (χ4v) is 10.3. The SMILES string of the molecule is N#Cc1cc(-c2cc(C#N)cc(-n3c4ccccc4c4cc5c(cc43)-c3ccccc3C5(c3ccccc3)c3ccccc3)c2)cc(-n2c3ccccc3c3ccccc32)c1. The van der Waals surface area contributed by atoms with Crippen LogP contribution in [0.15, 0.2) is 206 Å². The van der Waals surface area contributed by atoms with Crippen LogP contribution in [-0.2, 0) is 5.41 Å². The fourth-order valence-electron chi connectivity index (χ4n) is 10.3. The molecule has 0 radical (unpaired) electrons. The Hall–Kier alpha value is -8.44. The van der Waals surface area contributed by atoms with Gasteiger partial charge in [-0.05, 0) is 111 Å². The summed E-state index contributed by atoms with van der Waals surface area (Å²) in [5, 5.41) is 25.6. The highest BCUT2D eigenvalue weighted by Gasteiger charge is 2.46. The molecule has 0 saturated heterocycles. The second-order valence-electron chi connectivity index (χ2n) is 15.9. The lowest BCUT2D eigenvalue weighted by Gasteiger charge is -2.34. The summed E-state index contributed by atoms with van der Waals surface area (Å²) in [6.45, 7) is 0. The summed E-state index contributed by atoms with van der Waals surface area (Å²) in [7, 11) is 0. The molecule has 1 aliphatic rings. The van der Waals surface area contributed by atoms with Gasteiger partial charge in [0.05, 0.1) is 50.7 Å². The van der Waals surface area contributed by atoms with Gasteiger partial charge in [0.1, 0.15) is 0 Å². The number of fused-ring (bicyclic) bond motifs is 9. The summed E-state index contributed by atoms with van der Waals surface area (Å²) in [6.07, 6.45) is 0. The van der Waals surface area contributed by atoms with Gasteiger partial charge in [-0.25, -0.2) is 0 Å². The molecular weight excluding hydrogens is 741 g/mol. The lowest BCUT2D eigenvalue weighted by molar-refractivity contribution is 0.769. The van der Waals surface area contributed by atoms with Gasteiger partial charge in [0.2, 0.25) is 0 Å². The zero-order valence-corrected chi connectivity index (χ0v) is 32.9. The maximum absolute atomic E-state index is 10.6. The largest absolute Gasteiger partial charge is 0.309 e. The maximum Gasteiger partial charge on any atom is 0.0992 e. The number of hydrogen-bond donors (Lipinski definition) is 0. The molecule has 0 N–H and O–H groups in total. The number of benzene rings is 9. The predicted octanol–water partition coefficient (Wildman–Crippen LogP) is 13.7. The smallest absolute Gasteiger partial charge is 0.0992 e. The number of nitrogens with zero attached hydrogens (tertiary/aromatic N) is 4. The van der Waals surface area contributed by atoms with Crippen LogP contribution in [0.5, 0.6) is 0 Å². The molecule has 0 fully saturated rings. The zero-order valence-electron chi connectivity index (χ0n) is 32.9. The van der Waals surface area contributed by atoms with Crippen molar-refractivity contribution < 1.29 is 0 Å². The molecule has 2 aromatic heterocycles. The summed E-state index contributed by atoms with van der Waals surface area (Å²) in [5.41, 5.74) is 15.7. The summed E-state index contributed by atoms with van der Waals surface area (Å²) in [4.78, 5) is 0. The summed E-state index contributed by atoms with van der Waals surface area (Å²) in [6, 6.07) is 77.8. The zero-order chi connectivity index (χ0) is 40.7. The standard InChI is InChI=1S/C57H34N4/c58-35-37-27-39(31-43(29-37)60-53-24-12-8-20-46(53)47-21-9-13-25-54(47)60)40-28-38(36-59)30-44(32-40)61-55-26-14-10-22-48(55)50-33-52-49(34-56(50)61)45-19-7-11-23-51(45)57(52,41-15-3-1-4-16-41)42-17-5-2-6-18-42/h1-34H. The van der Waals surface area contributed by atoms with E-state index in [1.807, 2.05) is 24.3 Å². The van der Waals surface area contributed by atoms with Crippen molar-refractivity contribution in [3.63, 3.8) is 0 Å². The van der Waals surface area contributed by atoms with Crippen LogP contribution in [0.2, 0.25) is 0 Å². The van der Waals surface area contributed by atoms with E-state index in [0.717, 1.165) is 66.1 Å². The van der Waals surface area contributed by atoms with E-state index >= 15 is 0 Å². The lowest BCUT2D eigenvalue weighted by Crippen LogP contribution is -2.28. The van der Waals surface area contributed by atoms with E-state index in [0.29, 0.717) is 11.1 Å². The van der Waals surface area contributed by atoms with Crippen molar-refractivity contribution in [2.75, 3.05) is 0 Å². The van der Waals surface area contributed by atoms with Crippen LogP contribution in [0.25, 0.3) is 77.2 Å². The molecule has 4 nitrogen and oxygen atoms in total. The number of nitriles is 2. The highest BCUT2D eigenvalue weighted by molar-refractivity contribution is 6.12. The number of aromatic nitrogens is 2. The van der Waals surface area contributed by atoms with Crippen LogP contribution in [0.3, 0.4) is 0 Å². The molecule has 0 saturated carbocycles. The van der Waals surface area contributed by atoms with Gasteiger partial charge in [0, 0.05) is 32.9 Å². The Bertz CT molecular complexity index is 3580. The third kappa shape index (κ3) is 4.97. The Morgan fingerprint density at radius 3 is 1.31 bits per heavy atom. The Balaban J connectivity index is 1.12. The van der Waals surface area contributed by atoms with Gasteiger partial charge in [0.15, 0.2) is 0 Å². The highest BCUT2D eigenvalue weighted by Crippen LogP contribution is 2.57. The molecule has 0 atom stereocenters. The van der Waals surface area contributed by atoms with Gasteiger partial charge < -0.3 is 9.13 Å². The summed E-state index contributed by atoms with van der Waals surface area (Å²) < 4.78 is 4.55.